The number of aliphatic hydroxyl groups is 1. The number of nitrogens with one attached hydrogen (secondary N) is 1. The number of hydrogen-bond acceptors (Lipinski definition) is 7. The van der Waals surface area contributed by atoms with Crippen LogP contribution in [0, 0.1) is 23.2 Å². The van der Waals surface area contributed by atoms with Crippen LogP contribution in [-0.2, 0) is 15.0 Å². The molecule has 4 unspecified atom stereocenters. The van der Waals surface area contributed by atoms with Crippen molar-refractivity contribution in [1.29, 1.82) is 5.26 Å². The first kappa shape index (κ1) is 32.1. The Morgan fingerprint density at radius 1 is 1.08 bits per heavy atom. The molecule has 212 valence electrons. The number of nitriles is 1. The molecule has 0 spiro atoms. The van der Waals surface area contributed by atoms with E-state index in [0.29, 0.717) is 0 Å². The summed E-state index contributed by atoms with van der Waals surface area (Å²) in [6.45, 7) is 6.57. The van der Waals surface area contributed by atoms with Crippen molar-refractivity contribution in [3.05, 3.63) is 59.9 Å². The number of aldehydes is 2. The Hall–Kier alpha value is -3.08. The highest BCUT2D eigenvalue weighted by molar-refractivity contribution is 5.68. The van der Waals surface area contributed by atoms with Gasteiger partial charge >= 0.3 is 0 Å². The van der Waals surface area contributed by atoms with E-state index < -0.39 is 6.10 Å². The average Bonchev–Trinajstić information content (AvgIpc) is 2.94. The maximum atomic E-state index is 11.5. The van der Waals surface area contributed by atoms with Crippen LogP contribution in [0.4, 0.5) is 5.69 Å². The molecule has 2 aliphatic rings. The van der Waals surface area contributed by atoms with Gasteiger partial charge < -0.3 is 24.9 Å². The summed E-state index contributed by atoms with van der Waals surface area (Å²) in [5, 5.41) is 20.5. The van der Waals surface area contributed by atoms with Crippen LogP contribution in [-0.4, -0.2) is 48.9 Å². The Labute approximate surface area is 234 Å². The second-order valence-corrected chi connectivity index (χ2v) is 11.5. The van der Waals surface area contributed by atoms with Crippen LogP contribution in [0.25, 0.3) is 0 Å². The van der Waals surface area contributed by atoms with Crippen LogP contribution in [0.2, 0.25) is 0 Å². The minimum Gasteiger partial charge on any atom is -0.378 e. The van der Waals surface area contributed by atoms with Crippen LogP contribution in [0.5, 0.6) is 0 Å². The zero-order valence-corrected chi connectivity index (χ0v) is 24.2. The van der Waals surface area contributed by atoms with Gasteiger partial charge in [-0.05, 0) is 67.5 Å². The number of anilines is 1. The Balaban J connectivity index is 0.000000243. The number of aromatic nitrogens is 1. The van der Waals surface area contributed by atoms with Gasteiger partial charge in [-0.25, -0.2) is 0 Å². The lowest BCUT2D eigenvalue weighted by molar-refractivity contribution is -0.117. The molecule has 7 heteroatoms. The molecule has 0 bridgehead atoms. The molecule has 2 N–H and O–H groups in total. The second kappa shape index (κ2) is 16.1. The van der Waals surface area contributed by atoms with E-state index in [4.69, 9.17) is 10.4 Å². The van der Waals surface area contributed by atoms with E-state index in [9.17, 15) is 9.59 Å². The zero-order valence-electron chi connectivity index (χ0n) is 24.2. The molecule has 4 atom stereocenters. The minimum absolute atomic E-state index is 0.0744. The molecule has 2 fully saturated rings. The second-order valence-electron chi connectivity index (χ2n) is 11.5. The quantitative estimate of drug-likeness (QED) is 0.362. The SMILES string of the molecule is CN(c1ccc(C(C)(C)C)cc1)C(C=O)c1cccnc1.CNC1CCCCC1.N#CC(O)C1CCC1C=O. The summed E-state index contributed by atoms with van der Waals surface area (Å²) in [4.78, 5) is 27.7. The number of nitrogens with zero attached hydrogens (tertiary/aromatic N) is 3. The molecule has 4 rings (SSSR count). The minimum atomic E-state index is -0.941. The Morgan fingerprint density at radius 2 is 1.74 bits per heavy atom. The van der Waals surface area contributed by atoms with Crippen LogP contribution in [0.1, 0.15) is 82.9 Å². The van der Waals surface area contributed by atoms with Gasteiger partial charge in [0.05, 0.1) is 6.07 Å². The first-order valence-electron chi connectivity index (χ1n) is 14.0. The number of aliphatic hydroxyl groups excluding tert-OH is 1. The fourth-order valence-corrected chi connectivity index (χ4v) is 4.90. The Kier molecular flexibility index (Phi) is 13.3. The lowest BCUT2D eigenvalue weighted by atomic mass is 9.72. The smallest absolute Gasteiger partial charge is 0.147 e. The number of likely N-dealkylation sites (N-methyl/N-ethyl adjacent to an activating group) is 1. The molecule has 0 amide bonds. The molecule has 2 aliphatic carbocycles. The molecular formula is C32H46N4O3. The number of hydrogen-bond donors (Lipinski definition) is 2. The summed E-state index contributed by atoms with van der Waals surface area (Å²) < 4.78 is 0. The van der Waals surface area contributed by atoms with Gasteiger partial charge in [-0.2, -0.15) is 5.26 Å². The van der Waals surface area contributed by atoms with Crippen LogP contribution < -0.4 is 10.2 Å². The predicted octanol–water partition coefficient (Wildman–Crippen LogP) is 5.39. The summed E-state index contributed by atoms with van der Waals surface area (Å²) in [7, 11) is 3.99. The van der Waals surface area contributed by atoms with Crippen molar-refractivity contribution in [2.75, 3.05) is 19.0 Å². The largest absolute Gasteiger partial charge is 0.378 e. The van der Waals surface area contributed by atoms with Gasteiger partial charge in [-0.1, -0.05) is 58.2 Å². The maximum Gasteiger partial charge on any atom is 0.147 e. The molecule has 0 saturated heterocycles. The third kappa shape index (κ3) is 9.87. The lowest BCUT2D eigenvalue weighted by Gasteiger charge is -2.33. The normalized spacial score (nSPS) is 20.3. The van der Waals surface area contributed by atoms with Gasteiger partial charge in [0, 0.05) is 43.0 Å². The fraction of sp³-hybridized carbons (Fsp3) is 0.562. The summed E-state index contributed by atoms with van der Waals surface area (Å²) in [6.07, 6.45) is 13.0. The van der Waals surface area contributed by atoms with Crippen molar-refractivity contribution in [2.45, 2.75) is 89.3 Å². The van der Waals surface area contributed by atoms with Crippen LogP contribution in [0.3, 0.4) is 0 Å². The molecular weight excluding hydrogens is 488 g/mol. The Bertz CT molecular complexity index is 1020. The molecule has 1 aromatic carbocycles. The van der Waals surface area contributed by atoms with E-state index in [-0.39, 0.29) is 23.3 Å². The zero-order chi connectivity index (χ0) is 28.8. The van der Waals surface area contributed by atoms with E-state index in [0.717, 1.165) is 42.7 Å². The number of benzene rings is 1. The number of rotatable bonds is 7. The summed E-state index contributed by atoms with van der Waals surface area (Å²) >= 11 is 0. The summed E-state index contributed by atoms with van der Waals surface area (Å²) in [6, 6.07) is 14.4. The third-order valence-corrected chi connectivity index (χ3v) is 7.82. The van der Waals surface area contributed by atoms with Gasteiger partial charge in [-0.15, -0.1) is 0 Å². The third-order valence-electron chi connectivity index (χ3n) is 7.82. The number of pyridine rings is 1. The highest BCUT2D eigenvalue weighted by Gasteiger charge is 2.35. The lowest BCUT2D eigenvalue weighted by Crippen LogP contribution is -2.35. The van der Waals surface area contributed by atoms with E-state index in [2.05, 4.69) is 62.4 Å². The van der Waals surface area contributed by atoms with Gasteiger partial charge in [0.15, 0.2) is 0 Å². The van der Waals surface area contributed by atoms with Crippen molar-refractivity contribution < 1.29 is 14.7 Å². The summed E-state index contributed by atoms with van der Waals surface area (Å²) in [5.41, 5.74) is 3.33. The van der Waals surface area contributed by atoms with Gasteiger partial charge in [0.1, 0.15) is 24.7 Å². The molecule has 2 saturated carbocycles. The summed E-state index contributed by atoms with van der Waals surface area (Å²) in [5.74, 6) is -0.169. The highest BCUT2D eigenvalue weighted by atomic mass is 16.3. The Morgan fingerprint density at radius 3 is 2.15 bits per heavy atom. The van der Waals surface area contributed by atoms with E-state index >= 15 is 0 Å². The van der Waals surface area contributed by atoms with Crippen molar-refractivity contribution in [3.8, 4) is 6.07 Å². The fourth-order valence-electron chi connectivity index (χ4n) is 4.90. The molecule has 7 nitrogen and oxygen atoms in total. The van der Waals surface area contributed by atoms with Gasteiger partial charge in [0.25, 0.3) is 0 Å². The van der Waals surface area contributed by atoms with Gasteiger partial charge in [0.2, 0.25) is 0 Å². The van der Waals surface area contributed by atoms with Gasteiger partial charge in [-0.3, -0.25) is 4.98 Å². The molecule has 2 aromatic rings. The first-order chi connectivity index (χ1) is 18.7. The molecule has 0 radical (unpaired) electrons. The number of carbonyl (C=O) groups is 2. The standard InChI is InChI=1S/C18H22N2O.C7H9NO2.C7H15N/c1-18(2,3)15-7-9-16(10-8-15)20(4)17(13-21)14-6-5-11-19-12-14;8-3-7(10)6-2-1-5(6)4-9;1-8-7-5-3-2-4-6-7/h5-13,17H,1-4H3;4-7,10H,1-2H2;7-8H,2-6H2,1H3. The first-order valence-corrected chi connectivity index (χ1v) is 14.0. The molecule has 39 heavy (non-hydrogen) atoms. The van der Waals surface area contributed by atoms with Crippen molar-refractivity contribution in [2.24, 2.45) is 11.8 Å². The monoisotopic (exact) mass is 534 g/mol. The molecule has 1 heterocycles. The van der Waals surface area contributed by atoms with Crippen molar-refractivity contribution in [1.82, 2.24) is 10.3 Å². The van der Waals surface area contributed by atoms with Crippen LogP contribution >= 0.6 is 0 Å². The van der Waals surface area contributed by atoms with Crippen molar-refractivity contribution >= 4 is 18.3 Å². The average molecular weight is 535 g/mol. The van der Waals surface area contributed by atoms with Crippen molar-refractivity contribution in [3.63, 3.8) is 0 Å². The van der Waals surface area contributed by atoms with Crippen LogP contribution in [0.15, 0.2) is 48.8 Å². The molecule has 1 aromatic heterocycles. The van der Waals surface area contributed by atoms with E-state index in [1.165, 1.54) is 37.7 Å². The maximum absolute atomic E-state index is 11.5. The number of carbonyl (C=O) groups excluding carboxylic acids is 2. The van der Waals surface area contributed by atoms with E-state index in [1.807, 2.05) is 24.1 Å². The molecule has 0 aliphatic heterocycles. The van der Waals surface area contributed by atoms with E-state index in [1.54, 1.807) is 18.5 Å². The predicted molar refractivity (Wildman–Crippen MR) is 156 cm³/mol. The topological polar surface area (TPSA) is 106 Å². The highest BCUT2D eigenvalue weighted by Crippen LogP contribution is 2.35.